The third-order valence-corrected chi connectivity index (χ3v) is 7.11. The van der Waals surface area contributed by atoms with E-state index in [1.807, 2.05) is 53.0 Å². The number of halogens is 2. The number of aromatic nitrogens is 3. The van der Waals surface area contributed by atoms with Crippen LogP contribution in [0.15, 0.2) is 60.0 Å². The summed E-state index contributed by atoms with van der Waals surface area (Å²) in [5, 5.41) is 5.44. The van der Waals surface area contributed by atoms with E-state index in [9.17, 15) is 4.79 Å². The minimum Gasteiger partial charge on any atom is -0.335 e. The van der Waals surface area contributed by atoms with Gasteiger partial charge in [-0.15, -0.1) is 0 Å². The Balaban J connectivity index is 1.57. The van der Waals surface area contributed by atoms with Crippen LogP contribution in [0.2, 0.25) is 10.0 Å². The lowest BCUT2D eigenvalue weighted by Gasteiger charge is -2.40. The standard InChI is InChI=1S/C24H23Cl2N5O/c1-15-22(24(32)30-12-3-2-6-20(30)17-5-4-10-27-14-17)23(31-21(29-15)9-11-28-31)16-7-8-18(25)19(26)13-16/h4-5,7-11,13-14,20,22-23H,2-3,6,12H2,1H3. The zero-order valence-corrected chi connectivity index (χ0v) is 19.2. The van der Waals surface area contributed by atoms with E-state index >= 15 is 0 Å². The topological polar surface area (TPSA) is 63.4 Å². The minimum absolute atomic E-state index is 0.00576. The number of benzene rings is 1. The van der Waals surface area contributed by atoms with Gasteiger partial charge in [0.2, 0.25) is 5.91 Å². The first kappa shape index (κ1) is 21.2. The third-order valence-electron chi connectivity index (χ3n) is 6.38. The molecule has 0 N–H and O–H groups in total. The van der Waals surface area contributed by atoms with Crippen LogP contribution in [0.25, 0.3) is 0 Å². The number of hydrogen-bond acceptors (Lipinski definition) is 4. The summed E-state index contributed by atoms with van der Waals surface area (Å²) in [5.74, 6) is 0.291. The van der Waals surface area contributed by atoms with Gasteiger partial charge in [-0.3, -0.25) is 9.78 Å². The van der Waals surface area contributed by atoms with Crippen LogP contribution in [0.1, 0.15) is 49.4 Å². The molecule has 2 aromatic heterocycles. The number of piperidine rings is 1. The van der Waals surface area contributed by atoms with Gasteiger partial charge in [0.05, 0.1) is 28.3 Å². The van der Waals surface area contributed by atoms with E-state index < -0.39 is 5.92 Å². The fraction of sp³-hybridized carbons (Fsp3) is 0.333. The van der Waals surface area contributed by atoms with Crippen LogP contribution in [0.5, 0.6) is 0 Å². The number of aliphatic imine (C=N–C) groups is 1. The zero-order valence-electron chi connectivity index (χ0n) is 17.7. The number of pyridine rings is 1. The molecule has 32 heavy (non-hydrogen) atoms. The summed E-state index contributed by atoms with van der Waals surface area (Å²) in [5.41, 5.74) is 2.72. The Labute approximate surface area is 196 Å². The van der Waals surface area contributed by atoms with E-state index in [2.05, 4.69) is 10.1 Å². The number of carbonyl (C=O) groups excluding carboxylic acids is 1. The maximum Gasteiger partial charge on any atom is 0.234 e. The molecule has 5 rings (SSSR count). The molecule has 8 heteroatoms. The van der Waals surface area contributed by atoms with Gasteiger partial charge in [0.25, 0.3) is 0 Å². The molecule has 164 valence electrons. The van der Waals surface area contributed by atoms with Crippen molar-refractivity contribution in [3.8, 4) is 0 Å². The summed E-state index contributed by atoms with van der Waals surface area (Å²) in [4.78, 5) is 25.1. The maximum atomic E-state index is 14.1. The van der Waals surface area contributed by atoms with Gasteiger partial charge in [-0.1, -0.05) is 35.3 Å². The van der Waals surface area contributed by atoms with Crippen molar-refractivity contribution in [2.75, 3.05) is 6.54 Å². The van der Waals surface area contributed by atoms with Crippen molar-refractivity contribution >= 4 is 40.6 Å². The average molecular weight is 468 g/mol. The molecule has 0 radical (unpaired) electrons. The van der Waals surface area contributed by atoms with Gasteiger partial charge in [-0.2, -0.15) is 5.10 Å². The van der Waals surface area contributed by atoms with Gasteiger partial charge in [-0.05, 0) is 55.5 Å². The first-order valence-corrected chi connectivity index (χ1v) is 11.5. The number of nitrogens with zero attached hydrogens (tertiary/aromatic N) is 5. The zero-order chi connectivity index (χ0) is 22.2. The van der Waals surface area contributed by atoms with Crippen molar-refractivity contribution in [3.63, 3.8) is 0 Å². The van der Waals surface area contributed by atoms with Gasteiger partial charge >= 0.3 is 0 Å². The van der Waals surface area contributed by atoms with E-state index in [1.165, 1.54) is 0 Å². The molecule has 4 heterocycles. The predicted octanol–water partition coefficient (Wildman–Crippen LogP) is 5.65. The van der Waals surface area contributed by atoms with Gasteiger partial charge in [0.1, 0.15) is 5.92 Å². The Bertz CT molecular complexity index is 1180. The van der Waals surface area contributed by atoms with E-state index in [-0.39, 0.29) is 18.0 Å². The van der Waals surface area contributed by atoms with Crippen LogP contribution < -0.4 is 0 Å². The monoisotopic (exact) mass is 467 g/mol. The Morgan fingerprint density at radius 1 is 1.06 bits per heavy atom. The molecule has 0 bridgehead atoms. The number of fused-ring (bicyclic) bond motifs is 1. The second-order valence-corrected chi connectivity index (χ2v) is 9.13. The molecule has 1 amide bonds. The molecule has 3 atom stereocenters. The highest BCUT2D eigenvalue weighted by Crippen LogP contribution is 2.41. The van der Waals surface area contributed by atoms with Gasteiger partial charge in [-0.25, -0.2) is 9.67 Å². The van der Waals surface area contributed by atoms with Crippen molar-refractivity contribution in [1.82, 2.24) is 19.7 Å². The molecule has 0 saturated carbocycles. The van der Waals surface area contributed by atoms with Gasteiger partial charge in [0, 0.05) is 30.7 Å². The summed E-state index contributed by atoms with van der Waals surface area (Å²) >= 11 is 12.5. The Morgan fingerprint density at radius 2 is 1.94 bits per heavy atom. The normalized spacial score (nSPS) is 22.9. The van der Waals surface area contributed by atoms with Crippen molar-refractivity contribution < 1.29 is 4.79 Å². The van der Waals surface area contributed by atoms with Crippen molar-refractivity contribution in [2.45, 2.75) is 38.3 Å². The first-order valence-electron chi connectivity index (χ1n) is 10.8. The highest BCUT2D eigenvalue weighted by atomic mass is 35.5. The molecule has 1 aromatic carbocycles. The van der Waals surface area contributed by atoms with Crippen molar-refractivity contribution in [1.29, 1.82) is 0 Å². The summed E-state index contributed by atoms with van der Waals surface area (Å²) in [6, 6.07) is 11.0. The fourth-order valence-corrected chi connectivity index (χ4v) is 5.17. The van der Waals surface area contributed by atoms with E-state index in [0.29, 0.717) is 16.6 Å². The second kappa shape index (κ2) is 8.68. The number of likely N-dealkylation sites (tertiary alicyclic amines) is 1. The molecule has 3 unspecified atom stereocenters. The molecule has 0 aliphatic carbocycles. The molecule has 0 spiro atoms. The van der Waals surface area contributed by atoms with E-state index in [0.717, 1.165) is 41.9 Å². The summed E-state index contributed by atoms with van der Waals surface area (Å²) in [6.45, 7) is 2.63. The fourth-order valence-electron chi connectivity index (χ4n) is 4.87. The van der Waals surface area contributed by atoms with E-state index in [4.69, 9.17) is 28.2 Å². The van der Waals surface area contributed by atoms with E-state index in [1.54, 1.807) is 18.5 Å². The lowest BCUT2D eigenvalue weighted by atomic mass is 9.85. The van der Waals surface area contributed by atoms with Crippen LogP contribution in [0.4, 0.5) is 5.82 Å². The Kier molecular flexibility index (Phi) is 5.74. The Hall–Kier alpha value is -2.70. The largest absolute Gasteiger partial charge is 0.335 e. The van der Waals surface area contributed by atoms with Crippen LogP contribution in [-0.2, 0) is 4.79 Å². The van der Waals surface area contributed by atoms with Crippen LogP contribution >= 0.6 is 23.2 Å². The smallest absolute Gasteiger partial charge is 0.234 e. The number of rotatable bonds is 3. The van der Waals surface area contributed by atoms with Gasteiger partial charge in [0.15, 0.2) is 5.82 Å². The quantitative estimate of drug-likeness (QED) is 0.499. The number of hydrogen-bond donors (Lipinski definition) is 0. The molecule has 2 aliphatic heterocycles. The Morgan fingerprint density at radius 3 is 2.72 bits per heavy atom. The van der Waals surface area contributed by atoms with Crippen molar-refractivity contribution in [2.24, 2.45) is 10.9 Å². The molecule has 3 aromatic rings. The SMILES string of the molecule is CC1=Nc2ccnn2C(c2ccc(Cl)c(Cl)c2)C1C(=O)N1CCCCC1c1cccnc1. The molecular weight excluding hydrogens is 445 g/mol. The maximum absolute atomic E-state index is 14.1. The predicted molar refractivity (Wildman–Crippen MR) is 126 cm³/mol. The lowest BCUT2D eigenvalue weighted by molar-refractivity contribution is -0.138. The highest BCUT2D eigenvalue weighted by molar-refractivity contribution is 6.42. The minimum atomic E-state index is -0.489. The molecule has 6 nitrogen and oxygen atoms in total. The molecule has 1 saturated heterocycles. The summed E-state index contributed by atoms with van der Waals surface area (Å²) in [7, 11) is 0. The molecule has 2 aliphatic rings. The molecular formula is C24H23Cl2N5O. The highest BCUT2D eigenvalue weighted by Gasteiger charge is 2.42. The van der Waals surface area contributed by atoms with Crippen LogP contribution in [-0.4, -0.2) is 37.8 Å². The van der Waals surface area contributed by atoms with Crippen LogP contribution in [0, 0.1) is 5.92 Å². The lowest BCUT2D eigenvalue weighted by Crippen LogP contribution is -2.47. The summed E-state index contributed by atoms with van der Waals surface area (Å²) in [6.07, 6.45) is 8.32. The number of carbonyl (C=O) groups is 1. The first-order chi connectivity index (χ1) is 15.5. The van der Waals surface area contributed by atoms with Gasteiger partial charge < -0.3 is 4.90 Å². The number of amides is 1. The third kappa shape index (κ3) is 3.71. The average Bonchev–Trinajstić information content (AvgIpc) is 3.28. The second-order valence-electron chi connectivity index (χ2n) is 8.31. The van der Waals surface area contributed by atoms with Crippen LogP contribution in [0.3, 0.4) is 0 Å². The van der Waals surface area contributed by atoms with Crippen molar-refractivity contribution in [3.05, 3.63) is 76.2 Å². The summed E-state index contributed by atoms with van der Waals surface area (Å²) < 4.78 is 1.82. The molecule has 1 fully saturated rings.